The van der Waals surface area contributed by atoms with Gasteiger partial charge in [-0.05, 0) is 30.2 Å². The Balaban J connectivity index is 2.95. The van der Waals surface area contributed by atoms with Gasteiger partial charge in [0.05, 0.1) is 4.92 Å². The van der Waals surface area contributed by atoms with E-state index >= 15 is 0 Å². The summed E-state index contributed by atoms with van der Waals surface area (Å²) >= 11 is 5.76. The summed E-state index contributed by atoms with van der Waals surface area (Å²) in [6.45, 7) is 1.88. The minimum atomic E-state index is -0.504. The molecular weight excluding hydrogens is 190 g/mol. The molecule has 1 rings (SSSR count). The number of nitrogens with zero attached hydrogens (tertiary/aromatic N) is 1. The highest BCUT2D eigenvalue weighted by molar-refractivity contribution is 6.30. The Morgan fingerprint density at radius 3 is 2.69 bits per heavy atom. The lowest BCUT2D eigenvalue weighted by atomic mass is 10.1. The monoisotopic (exact) mass is 197 g/mol. The van der Waals surface area contributed by atoms with E-state index in [9.17, 15) is 10.1 Å². The summed E-state index contributed by atoms with van der Waals surface area (Å²) < 4.78 is 0. The molecule has 0 aromatic heterocycles. The van der Waals surface area contributed by atoms with E-state index in [0.717, 1.165) is 17.3 Å². The Kier molecular flexibility index (Phi) is 3.03. The van der Waals surface area contributed by atoms with Gasteiger partial charge in [0.1, 0.15) is 0 Å². The maximum absolute atomic E-state index is 10.0. The lowest BCUT2D eigenvalue weighted by Crippen LogP contribution is -1.83. The number of nitro groups is 1. The zero-order valence-electron chi connectivity index (χ0n) is 7.03. The van der Waals surface area contributed by atoms with Crippen molar-refractivity contribution < 1.29 is 4.92 Å². The summed E-state index contributed by atoms with van der Waals surface area (Å²) in [5.74, 6) is 0. The third-order valence-electron chi connectivity index (χ3n) is 1.45. The van der Waals surface area contributed by atoms with Crippen molar-refractivity contribution >= 4 is 17.7 Å². The second-order valence-electron chi connectivity index (χ2n) is 2.66. The van der Waals surface area contributed by atoms with Crippen molar-refractivity contribution in [3.63, 3.8) is 0 Å². The smallest absolute Gasteiger partial charge is 0.235 e. The second kappa shape index (κ2) is 4.05. The van der Waals surface area contributed by atoms with E-state index in [1.54, 1.807) is 12.1 Å². The highest BCUT2D eigenvalue weighted by Gasteiger charge is 1.94. The van der Waals surface area contributed by atoms with Gasteiger partial charge >= 0.3 is 0 Å². The first-order chi connectivity index (χ1) is 6.08. The van der Waals surface area contributed by atoms with E-state index < -0.39 is 4.92 Å². The van der Waals surface area contributed by atoms with Crippen LogP contribution in [0.3, 0.4) is 0 Å². The molecule has 0 radical (unpaired) electrons. The molecule has 68 valence electrons. The molecule has 0 unspecified atom stereocenters. The van der Waals surface area contributed by atoms with Crippen molar-refractivity contribution in [2.45, 2.75) is 6.92 Å². The van der Waals surface area contributed by atoms with Gasteiger partial charge in [0.25, 0.3) is 0 Å². The zero-order chi connectivity index (χ0) is 9.84. The van der Waals surface area contributed by atoms with Gasteiger partial charge in [0, 0.05) is 11.1 Å². The summed E-state index contributed by atoms with van der Waals surface area (Å²) in [7, 11) is 0. The molecule has 0 heterocycles. The fourth-order valence-corrected chi connectivity index (χ4v) is 1.31. The quantitative estimate of drug-likeness (QED) is 0.541. The van der Waals surface area contributed by atoms with E-state index in [0.29, 0.717) is 5.02 Å². The predicted molar refractivity (Wildman–Crippen MR) is 52.2 cm³/mol. The minimum Gasteiger partial charge on any atom is -0.259 e. The molecule has 0 saturated heterocycles. The van der Waals surface area contributed by atoms with Crippen LogP contribution < -0.4 is 0 Å². The minimum absolute atomic E-state index is 0.504. The van der Waals surface area contributed by atoms with Gasteiger partial charge in [-0.2, -0.15) is 0 Å². The molecule has 0 aliphatic heterocycles. The Morgan fingerprint density at radius 1 is 1.46 bits per heavy atom. The molecule has 3 nitrogen and oxygen atoms in total. The normalized spacial score (nSPS) is 10.6. The zero-order valence-corrected chi connectivity index (χ0v) is 7.78. The molecule has 0 atom stereocenters. The van der Waals surface area contributed by atoms with Crippen LogP contribution in [0.5, 0.6) is 0 Å². The average Bonchev–Trinajstić information content (AvgIpc) is 1.99. The van der Waals surface area contributed by atoms with Gasteiger partial charge < -0.3 is 0 Å². The number of benzene rings is 1. The van der Waals surface area contributed by atoms with Crippen LogP contribution in [0.2, 0.25) is 5.02 Å². The number of aryl methyl sites for hydroxylation is 1. The third kappa shape index (κ3) is 3.25. The van der Waals surface area contributed by atoms with Crippen molar-refractivity contribution in [2.75, 3.05) is 0 Å². The molecule has 4 heteroatoms. The Bertz CT molecular complexity index is 340. The highest BCUT2D eigenvalue weighted by atomic mass is 35.5. The predicted octanol–water partition coefficient (Wildman–Crippen LogP) is 2.90. The van der Waals surface area contributed by atoms with E-state index in [-0.39, 0.29) is 0 Å². The second-order valence-corrected chi connectivity index (χ2v) is 3.10. The molecule has 1 aromatic carbocycles. The lowest BCUT2D eigenvalue weighted by molar-refractivity contribution is -0.400. The average molecular weight is 198 g/mol. The molecule has 0 saturated carbocycles. The van der Waals surface area contributed by atoms with Gasteiger partial charge in [0.2, 0.25) is 6.20 Å². The van der Waals surface area contributed by atoms with Crippen molar-refractivity contribution in [3.05, 3.63) is 50.7 Å². The molecular formula is C9H8ClNO2. The molecule has 0 amide bonds. The number of hydrogen-bond acceptors (Lipinski definition) is 2. The van der Waals surface area contributed by atoms with Crippen LogP contribution in [0.4, 0.5) is 0 Å². The third-order valence-corrected chi connectivity index (χ3v) is 1.67. The first kappa shape index (κ1) is 9.74. The highest BCUT2D eigenvalue weighted by Crippen LogP contribution is 2.15. The van der Waals surface area contributed by atoms with Crippen LogP contribution in [-0.2, 0) is 0 Å². The van der Waals surface area contributed by atoms with Crippen LogP contribution >= 0.6 is 11.6 Å². The van der Waals surface area contributed by atoms with E-state index in [1.165, 1.54) is 6.08 Å². The fraction of sp³-hybridized carbons (Fsp3) is 0.111. The molecule has 13 heavy (non-hydrogen) atoms. The van der Waals surface area contributed by atoms with Crippen LogP contribution in [0.1, 0.15) is 11.1 Å². The van der Waals surface area contributed by atoms with Crippen molar-refractivity contribution in [3.8, 4) is 0 Å². The Labute approximate surface area is 80.8 Å². The molecule has 1 aromatic rings. The summed E-state index contributed by atoms with van der Waals surface area (Å²) in [4.78, 5) is 9.52. The van der Waals surface area contributed by atoms with Crippen LogP contribution in [0, 0.1) is 17.0 Å². The molecule has 0 fully saturated rings. The van der Waals surface area contributed by atoms with Gasteiger partial charge in [0.15, 0.2) is 0 Å². The molecule has 0 aliphatic carbocycles. The van der Waals surface area contributed by atoms with Crippen LogP contribution in [0.15, 0.2) is 24.4 Å². The van der Waals surface area contributed by atoms with Gasteiger partial charge in [-0.15, -0.1) is 0 Å². The number of hydrogen-bond donors (Lipinski definition) is 0. The SMILES string of the molecule is Cc1cc(Cl)cc(/C=C/[N+](=O)[O-])c1. The van der Waals surface area contributed by atoms with Crippen LogP contribution in [-0.4, -0.2) is 4.92 Å². The van der Waals surface area contributed by atoms with Crippen molar-refractivity contribution in [2.24, 2.45) is 0 Å². The maximum atomic E-state index is 10.0. The summed E-state index contributed by atoms with van der Waals surface area (Å²) in [5, 5.41) is 10.6. The first-order valence-corrected chi connectivity index (χ1v) is 4.04. The summed E-state index contributed by atoms with van der Waals surface area (Å²) in [6, 6.07) is 5.30. The standard InChI is InChI=1S/C9H8ClNO2/c1-7-4-8(2-3-11(12)13)6-9(10)5-7/h2-6H,1H3/b3-2+. The topological polar surface area (TPSA) is 43.1 Å². The van der Waals surface area contributed by atoms with Crippen LogP contribution in [0.25, 0.3) is 6.08 Å². The summed E-state index contributed by atoms with van der Waals surface area (Å²) in [5.41, 5.74) is 1.72. The summed E-state index contributed by atoms with van der Waals surface area (Å²) in [6.07, 6.45) is 2.31. The van der Waals surface area contributed by atoms with E-state index in [4.69, 9.17) is 11.6 Å². The van der Waals surface area contributed by atoms with Gasteiger partial charge in [-0.25, -0.2) is 0 Å². The fourth-order valence-electron chi connectivity index (χ4n) is 1.01. The molecule has 0 spiro atoms. The maximum Gasteiger partial charge on any atom is 0.235 e. The Morgan fingerprint density at radius 2 is 2.15 bits per heavy atom. The largest absolute Gasteiger partial charge is 0.259 e. The van der Waals surface area contributed by atoms with Gasteiger partial charge in [-0.3, -0.25) is 10.1 Å². The lowest BCUT2D eigenvalue weighted by Gasteiger charge is -1.96. The van der Waals surface area contributed by atoms with E-state index in [2.05, 4.69) is 0 Å². The molecule has 0 N–H and O–H groups in total. The molecule has 0 aliphatic rings. The van der Waals surface area contributed by atoms with Crippen molar-refractivity contribution in [1.29, 1.82) is 0 Å². The Hall–Kier alpha value is -1.35. The number of halogens is 1. The number of rotatable bonds is 2. The van der Waals surface area contributed by atoms with E-state index in [1.807, 2.05) is 13.0 Å². The van der Waals surface area contributed by atoms with Gasteiger partial charge in [-0.1, -0.05) is 17.7 Å². The molecule has 0 bridgehead atoms. The van der Waals surface area contributed by atoms with Crippen molar-refractivity contribution in [1.82, 2.24) is 0 Å². The first-order valence-electron chi connectivity index (χ1n) is 3.67.